The third-order valence-electron chi connectivity index (χ3n) is 10.6. The number of benzene rings is 1. The molecule has 56 heavy (non-hydrogen) atoms. The van der Waals surface area contributed by atoms with Gasteiger partial charge < -0.3 is 35.1 Å². The average molecular weight is 809 g/mol. The molecule has 1 aliphatic heterocycles. The summed E-state index contributed by atoms with van der Waals surface area (Å²) in [5, 5.41) is 26.3. The number of nitrogens with zero attached hydrogens (tertiary/aromatic N) is 3. The van der Waals surface area contributed by atoms with Crippen molar-refractivity contribution in [2.45, 2.75) is 166 Å². The molecule has 5 N–H and O–H groups in total. The molecule has 7 atom stereocenters. The Bertz CT molecular complexity index is 1620. The lowest BCUT2D eigenvalue weighted by Gasteiger charge is -2.28. The van der Waals surface area contributed by atoms with Gasteiger partial charge >= 0.3 is 7.82 Å². The minimum Gasteiger partial charge on any atom is -0.387 e. The van der Waals surface area contributed by atoms with Crippen molar-refractivity contribution in [1.82, 2.24) is 14.6 Å². The molecule has 1 saturated heterocycles. The predicted molar refractivity (Wildman–Crippen MR) is 213 cm³/mol. The van der Waals surface area contributed by atoms with Gasteiger partial charge in [-0.1, -0.05) is 115 Å². The largest absolute Gasteiger partial charge is 0.472 e. The summed E-state index contributed by atoms with van der Waals surface area (Å²) in [4.78, 5) is 14.7. The third kappa shape index (κ3) is 14.4. The van der Waals surface area contributed by atoms with E-state index >= 15 is 0 Å². The summed E-state index contributed by atoms with van der Waals surface area (Å²) in [7, 11) is -4.74. The summed E-state index contributed by atoms with van der Waals surface area (Å²) >= 11 is 0. The van der Waals surface area contributed by atoms with E-state index in [-0.39, 0.29) is 25.6 Å². The fourth-order valence-corrected chi connectivity index (χ4v) is 8.23. The highest BCUT2D eigenvalue weighted by Crippen LogP contribution is 2.48. The van der Waals surface area contributed by atoms with E-state index in [4.69, 9.17) is 29.0 Å². The van der Waals surface area contributed by atoms with Gasteiger partial charge in [0.05, 0.1) is 31.6 Å². The standard InChI is InChI=1S/C41H66FN4O9P/c1-4-5-6-7-8-9-10-11-12-13-14-15-16-17-18-19-25-51-28-34(52-27-32-21-20-22-33(42)26-32)29-53-56(49,50)55-31(2)38-37(47)39(48)41(3,54-38)36-24-23-35-40(43)44-30-45-46(35)36/h20-24,26,30-31,34,37-39,47-48H,4-19,25,27-29H2,1-3H3,(H,49,50)(H2,43,44,45)/t31-,34+,37+,38+,39+,41-/m0/s1. The molecule has 3 heterocycles. The minimum absolute atomic E-state index is 0.0325. The van der Waals surface area contributed by atoms with Crippen molar-refractivity contribution >= 4 is 19.2 Å². The number of unbranched alkanes of at least 4 members (excludes halogenated alkanes) is 15. The van der Waals surface area contributed by atoms with E-state index in [9.17, 15) is 24.1 Å². The van der Waals surface area contributed by atoms with Gasteiger partial charge in [0.1, 0.15) is 47.7 Å². The van der Waals surface area contributed by atoms with Crippen LogP contribution in [0, 0.1) is 5.82 Å². The Labute approximate surface area is 332 Å². The molecule has 1 aliphatic rings. The van der Waals surface area contributed by atoms with Gasteiger partial charge in [-0.15, -0.1) is 0 Å². The Balaban J connectivity index is 1.17. The smallest absolute Gasteiger partial charge is 0.387 e. The summed E-state index contributed by atoms with van der Waals surface area (Å²) in [6, 6.07) is 9.30. The first-order valence-electron chi connectivity index (χ1n) is 20.7. The summed E-state index contributed by atoms with van der Waals surface area (Å²) in [6.07, 6.45) is 15.6. The van der Waals surface area contributed by atoms with Crippen molar-refractivity contribution in [1.29, 1.82) is 0 Å². The maximum absolute atomic E-state index is 13.8. The van der Waals surface area contributed by atoms with Crippen LogP contribution >= 0.6 is 7.82 Å². The molecule has 4 rings (SSSR count). The van der Waals surface area contributed by atoms with Crippen LogP contribution in [0.25, 0.3) is 5.52 Å². The van der Waals surface area contributed by atoms with E-state index in [0.29, 0.717) is 23.4 Å². The number of rotatable bonds is 29. The molecule has 0 amide bonds. The number of hydrogen-bond acceptors (Lipinski definition) is 11. The number of fused-ring (bicyclic) bond motifs is 1. The van der Waals surface area contributed by atoms with E-state index in [1.807, 2.05) is 0 Å². The molecule has 0 radical (unpaired) electrons. The lowest BCUT2D eigenvalue weighted by Crippen LogP contribution is -2.40. The number of aliphatic hydroxyl groups excluding tert-OH is 2. The molecule has 1 fully saturated rings. The van der Waals surface area contributed by atoms with E-state index in [2.05, 4.69) is 17.0 Å². The molecular weight excluding hydrogens is 742 g/mol. The first kappa shape index (κ1) is 46.2. The summed E-state index contributed by atoms with van der Waals surface area (Å²) < 4.78 is 57.2. The van der Waals surface area contributed by atoms with Crippen molar-refractivity contribution in [3.8, 4) is 0 Å². The van der Waals surface area contributed by atoms with Crippen molar-refractivity contribution in [2.75, 3.05) is 25.6 Å². The molecule has 0 aliphatic carbocycles. The maximum Gasteiger partial charge on any atom is 0.472 e. The van der Waals surface area contributed by atoms with Crippen molar-refractivity contribution < 1.29 is 47.3 Å². The van der Waals surface area contributed by atoms with Crippen LogP contribution < -0.4 is 5.73 Å². The van der Waals surface area contributed by atoms with Crippen molar-refractivity contribution in [3.05, 3.63) is 59.8 Å². The summed E-state index contributed by atoms with van der Waals surface area (Å²) in [5.74, 6) is -0.181. The van der Waals surface area contributed by atoms with Crippen LogP contribution in [0.3, 0.4) is 0 Å². The molecule has 0 bridgehead atoms. The van der Waals surface area contributed by atoms with Gasteiger partial charge in [-0.05, 0) is 50.1 Å². The van der Waals surface area contributed by atoms with Gasteiger partial charge in [0.25, 0.3) is 0 Å². The quantitative estimate of drug-likeness (QED) is 0.0391. The molecule has 1 aromatic carbocycles. The molecular formula is C41H66FN4O9P. The second-order valence-electron chi connectivity index (χ2n) is 15.3. The maximum atomic E-state index is 13.8. The van der Waals surface area contributed by atoms with Crippen molar-refractivity contribution in [3.63, 3.8) is 0 Å². The molecule has 0 spiro atoms. The van der Waals surface area contributed by atoms with Crippen molar-refractivity contribution in [2.24, 2.45) is 0 Å². The number of nitrogen functional groups attached to an aromatic ring is 1. The molecule has 316 valence electrons. The van der Waals surface area contributed by atoms with Gasteiger partial charge in [-0.3, -0.25) is 9.05 Å². The molecule has 1 unspecified atom stereocenters. The predicted octanol–water partition coefficient (Wildman–Crippen LogP) is 8.17. The normalized spacial score (nSPS) is 22.1. The Morgan fingerprint density at radius 3 is 2.20 bits per heavy atom. The monoisotopic (exact) mass is 808 g/mol. The highest BCUT2D eigenvalue weighted by atomic mass is 31.2. The van der Waals surface area contributed by atoms with Crippen LogP contribution in [0.4, 0.5) is 10.2 Å². The van der Waals surface area contributed by atoms with E-state index in [1.165, 1.54) is 113 Å². The number of phosphoric acid groups is 1. The third-order valence-corrected chi connectivity index (χ3v) is 11.7. The first-order valence-corrected chi connectivity index (χ1v) is 22.2. The lowest BCUT2D eigenvalue weighted by molar-refractivity contribution is -0.108. The average Bonchev–Trinajstić information content (AvgIpc) is 3.71. The zero-order valence-corrected chi connectivity index (χ0v) is 34.5. The van der Waals surface area contributed by atoms with Gasteiger partial charge in [0.15, 0.2) is 5.82 Å². The second kappa shape index (κ2) is 23.8. The van der Waals surface area contributed by atoms with Gasteiger partial charge in [-0.25, -0.2) is 18.5 Å². The summed E-state index contributed by atoms with van der Waals surface area (Å²) in [6.45, 7) is 5.52. The number of hydrogen-bond donors (Lipinski definition) is 4. The first-order chi connectivity index (χ1) is 26.9. The van der Waals surface area contributed by atoms with Crippen LogP contribution in [0.2, 0.25) is 0 Å². The SMILES string of the molecule is CCCCCCCCCCCCCCCCCCOC[C@H](COP(=O)(O)O[C@@H](C)[C@H]1O[C@@](C)(c2ccc3c(N)ncnn23)[C@H](O)[C@@H]1O)OCc1cccc(F)c1. The molecule has 0 saturated carbocycles. The van der Waals surface area contributed by atoms with Gasteiger partial charge in [0.2, 0.25) is 0 Å². The summed E-state index contributed by atoms with van der Waals surface area (Å²) in [5.41, 5.74) is 5.95. The zero-order chi connectivity index (χ0) is 40.4. The second-order valence-corrected chi connectivity index (χ2v) is 16.7. The Hall–Kier alpha value is -2.52. The molecule has 13 nitrogen and oxygen atoms in total. The number of halogens is 1. The lowest BCUT2D eigenvalue weighted by atomic mass is 9.92. The fourth-order valence-electron chi connectivity index (χ4n) is 7.27. The van der Waals surface area contributed by atoms with Gasteiger partial charge in [0, 0.05) is 6.61 Å². The number of aromatic nitrogens is 3. The van der Waals surface area contributed by atoms with Crippen LogP contribution in [-0.2, 0) is 40.0 Å². The molecule has 3 aromatic rings. The van der Waals surface area contributed by atoms with Crippen LogP contribution in [0.15, 0.2) is 42.7 Å². The van der Waals surface area contributed by atoms with Gasteiger partial charge in [-0.2, -0.15) is 5.10 Å². The fraction of sp³-hybridized carbons (Fsp3) is 0.707. The highest BCUT2D eigenvalue weighted by molar-refractivity contribution is 7.47. The number of aliphatic hydroxyl groups is 2. The van der Waals surface area contributed by atoms with E-state index in [0.717, 1.165) is 19.3 Å². The van der Waals surface area contributed by atoms with E-state index < -0.39 is 49.8 Å². The highest BCUT2D eigenvalue weighted by Gasteiger charge is 2.56. The number of anilines is 1. The van der Waals surface area contributed by atoms with Crippen LogP contribution in [-0.4, -0.2) is 80.0 Å². The Kier molecular flexibility index (Phi) is 19.6. The Morgan fingerprint density at radius 2 is 1.57 bits per heavy atom. The van der Waals surface area contributed by atoms with E-state index in [1.54, 1.807) is 31.2 Å². The topological polar surface area (TPSA) is 180 Å². The number of phosphoric ester groups is 1. The molecule has 2 aromatic heterocycles. The minimum atomic E-state index is -4.74. The van der Waals surface area contributed by atoms with Crippen LogP contribution in [0.5, 0.6) is 0 Å². The molecule has 15 heteroatoms. The Morgan fingerprint density at radius 1 is 0.946 bits per heavy atom. The number of nitrogens with two attached hydrogens (primary N) is 1. The zero-order valence-electron chi connectivity index (χ0n) is 33.6. The van der Waals surface area contributed by atoms with Crippen LogP contribution in [0.1, 0.15) is 135 Å². The number of ether oxygens (including phenoxy) is 3.